The van der Waals surface area contributed by atoms with Crippen molar-refractivity contribution in [1.29, 1.82) is 0 Å². The Labute approximate surface area is 110 Å². The number of hydrogen-bond acceptors (Lipinski definition) is 4. The van der Waals surface area contributed by atoms with Crippen LogP contribution in [-0.4, -0.2) is 58.8 Å². The Balaban J connectivity index is 1.91. The summed E-state index contributed by atoms with van der Waals surface area (Å²) in [6.07, 6.45) is 3.24. The topological polar surface area (TPSA) is 81.7 Å². The Bertz CT molecular complexity index is 342. The monoisotopic (exact) mass is 273 g/mol. The summed E-state index contributed by atoms with van der Waals surface area (Å²) in [5.41, 5.74) is -0.383. The molecule has 2 heterocycles. The molecular weight excluding hydrogens is 254 g/mol. The first-order valence-corrected chi connectivity index (χ1v) is 7.52. The van der Waals surface area contributed by atoms with Crippen LogP contribution >= 0.6 is 11.8 Å². The average Bonchev–Trinajstić information content (AvgIpc) is 2.63. The zero-order valence-electron chi connectivity index (χ0n) is 10.4. The van der Waals surface area contributed by atoms with Gasteiger partial charge < -0.3 is 15.3 Å². The molecule has 0 radical (unpaired) electrons. The number of carbonyl (C=O) groups excluding carboxylic acids is 1. The van der Waals surface area contributed by atoms with Gasteiger partial charge in [0, 0.05) is 25.9 Å². The van der Waals surface area contributed by atoms with Gasteiger partial charge in [-0.1, -0.05) is 0 Å². The molecule has 2 rings (SSSR count). The molecule has 2 amide bonds. The standard InChI is InChI=1S/C11H19N3O3S/c1-18-7-2-8-9(15)13-11(12-8)3-5-14(6-4-11)10(16)17/h8,12H,2-7H2,1H3,(H,13,15)(H,16,17). The number of thioether (sulfide) groups is 1. The van der Waals surface area contributed by atoms with E-state index in [0.29, 0.717) is 25.9 Å². The summed E-state index contributed by atoms with van der Waals surface area (Å²) in [7, 11) is 0. The highest BCUT2D eigenvalue weighted by Crippen LogP contribution is 2.25. The zero-order valence-corrected chi connectivity index (χ0v) is 11.3. The van der Waals surface area contributed by atoms with E-state index in [-0.39, 0.29) is 17.6 Å². The summed E-state index contributed by atoms with van der Waals surface area (Å²) < 4.78 is 0. The van der Waals surface area contributed by atoms with Gasteiger partial charge in [-0.15, -0.1) is 0 Å². The van der Waals surface area contributed by atoms with Crippen LogP contribution in [0.2, 0.25) is 0 Å². The van der Waals surface area contributed by atoms with Crippen LogP contribution in [0.5, 0.6) is 0 Å². The second kappa shape index (κ2) is 5.36. The lowest BCUT2D eigenvalue weighted by Gasteiger charge is -2.38. The maximum Gasteiger partial charge on any atom is 0.407 e. The molecule has 3 N–H and O–H groups in total. The molecule has 0 aliphatic carbocycles. The largest absolute Gasteiger partial charge is 0.465 e. The first-order valence-electron chi connectivity index (χ1n) is 6.13. The van der Waals surface area contributed by atoms with Crippen LogP contribution in [-0.2, 0) is 4.79 Å². The minimum Gasteiger partial charge on any atom is -0.465 e. The van der Waals surface area contributed by atoms with Gasteiger partial charge in [0.2, 0.25) is 5.91 Å². The van der Waals surface area contributed by atoms with Crippen molar-refractivity contribution in [2.24, 2.45) is 0 Å². The molecule has 0 aromatic carbocycles. The number of carboxylic acid groups (broad SMARTS) is 1. The third kappa shape index (κ3) is 2.72. The van der Waals surface area contributed by atoms with Gasteiger partial charge in [-0.05, 0) is 18.4 Å². The first-order chi connectivity index (χ1) is 8.56. The van der Waals surface area contributed by atoms with E-state index in [2.05, 4.69) is 10.6 Å². The smallest absolute Gasteiger partial charge is 0.407 e. The number of carbonyl (C=O) groups is 2. The van der Waals surface area contributed by atoms with Crippen molar-refractivity contribution in [3.05, 3.63) is 0 Å². The highest BCUT2D eigenvalue weighted by Gasteiger charge is 2.45. The summed E-state index contributed by atoms with van der Waals surface area (Å²) in [5, 5.41) is 15.3. The van der Waals surface area contributed by atoms with E-state index in [4.69, 9.17) is 5.11 Å². The summed E-state index contributed by atoms with van der Waals surface area (Å²) in [6.45, 7) is 0.940. The van der Waals surface area contributed by atoms with Crippen molar-refractivity contribution in [3.8, 4) is 0 Å². The van der Waals surface area contributed by atoms with Crippen LogP contribution < -0.4 is 10.6 Å². The molecule has 0 bridgehead atoms. The van der Waals surface area contributed by atoms with Crippen molar-refractivity contribution >= 4 is 23.8 Å². The molecule has 1 atom stereocenters. The zero-order chi connectivity index (χ0) is 13.2. The van der Waals surface area contributed by atoms with E-state index in [9.17, 15) is 9.59 Å². The van der Waals surface area contributed by atoms with Gasteiger partial charge in [-0.25, -0.2) is 4.79 Å². The van der Waals surface area contributed by atoms with Gasteiger partial charge >= 0.3 is 6.09 Å². The lowest BCUT2D eigenvalue weighted by molar-refractivity contribution is -0.121. The first kappa shape index (κ1) is 13.5. The number of nitrogens with zero attached hydrogens (tertiary/aromatic N) is 1. The molecule has 18 heavy (non-hydrogen) atoms. The molecule has 2 aliphatic rings. The van der Waals surface area contributed by atoms with Crippen LogP contribution in [0.3, 0.4) is 0 Å². The van der Waals surface area contributed by atoms with Crippen molar-refractivity contribution in [1.82, 2.24) is 15.5 Å². The molecule has 1 unspecified atom stereocenters. The summed E-state index contributed by atoms with van der Waals surface area (Å²) in [4.78, 5) is 24.1. The number of nitrogens with one attached hydrogen (secondary N) is 2. The maximum absolute atomic E-state index is 11.9. The van der Waals surface area contributed by atoms with Crippen molar-refractivity contribution in [2.45, 2.75) is 31.0 Å². The Morgan fingerprint density at radius 1 is 1.56 bits per heavy atom. The van der Waals surface area contributed by atoms with Gasteiger partial charge in [0.25, 0.3) is 0 Å². The lowest BCUT2D eigenvalue weighted by atomic mass is 9.98. The molecule has 7 heteroatoms. The fourth-order valence-corrected chi connectivity index (χ4v) is 3.02. The quantitative estimate of drug-likeness (QED) is 0.689. The normalized spacial score (nSPS) is 26.4. The second-order valence-electron chi connectivity index (χ2n) is 4.82. The predicted octanol–water partition coefficient (Wildman–Crippen LogP) is 0.298. The van der Waals surface area contributed by atoms with Crippen LogP contribution in [0.25, 0.3) is 0 Å². The molecule has 0 aromatic rings. The van der Waals surface area contributed by atoms with Gasteiger partial charge in [0.15, 0.2) is 0 Å². The number of amides is 2. The molecule has 2 saturated heterocycles. The van der Waals surface area contributed by atoms with E-state index in [1.54, 1.807) is 11.8 Å². The fraction of sp³-hybridized carbons (Fsp3) is 0.818. The molecule has 2 fully saturated rings. The second-order valence-corrected chi connectivity index (χ2v) is 5.80. The number of piperidine rings is 1. The van der Waals surface area contributed by atoms with Crippen molar-refractivity contribution < 1.29 is 14.7 Å². The van der Waals surface area contributed by atoms with Crippen LogP contribution in [0.15, 0.2) is 0 Å². The predicted molar refractivity (Wildman–Crippen MR) is 69.6 cm³/mol. The molecule has 0 aromatic heterocycles. The van der Waals surface area contributed by atoms with E-state index < -0.39 is 6.09 Å². The van der Waals surface area contributed by atoms with Gasteiger partial charge in [0.1, 0.15) is 0 Å². The van der Waals surface area contributed by atoms with Crippen molar-refractivity contribution in [3.63, 3.8) is 0 Å². The molecule has 0 saturated carbocycles. The fourth-order valence-electron chi connectivity index (χ4n) is 2.55. The average molecular weight is 273 g/mol. The molecule has 6 nitrogen and oxygen atoms in total. The third-order valence-electron chi connectivity index (χ3n) is 3.63. The van der Waals surface area contributed by atoms with E-state index in [1.807, 2.05) is 6.26 Å². The minimum atomic E-state index is -0.881. The minimum absolute atomic E-state index is 0.0489. The summed E-state index contributed by atoms with van der Waals surface area (Å²) >= 11 is 1.72. The van der Waals surface area contributed by atoms with Crippen molar-refractivity contribution in [2.75, 3.05) is 25.1 Å². The van der Waals surface area contributed by atoms with E-state index in [1.165, 1.54) is 4.90 Å². The van der Waals surface area contributed by atoms with Gasteiger partial charge in [0.05, 0.1) is 11.7 Å². The summed E-state index contributed by atoms with van der Waals surface area (Å²) in [6, 6.07) is -0.131. The highest BCUT2D eigenvalue weighted by molar-refractivity contribution is 7.98. The Morgan fingerprint density at radius 2 is 2.22 bits per heavy atom. The SMILES string of the molecule is CSCCC1NC2(CCN(C(=O)O)CC2)NC1=O. The van der Waals surface area contributed by atoms with E-state index >= 15 is 0 Å². The molecule has 2 aliphatic heterocycles. The lowest BCUT2D eigenvalue weighted by Crippen LogP contribution is -2.58. The Hall–Kier alpha value is -0.950. The van der Waals surface area contributed by atoms with Gasteiger partial charge in [-0.3, -0.25) is 10.1 Å². The van der Waals surface area contributed by atoms with Crippen LogP contribution in [0, 0.1) is 0 Å². The maximum atomic E-state index is 11.9. The Kier molecular flexibility index (Phi) is 4.01. The third-order valence-corrected chi connectivity index (χ3v) is 4.27. The molecular formula is C11H19N3O3S. The molecule has 1 spiro atoms. The van der Waals surface area contributed by atoms with Crippen LogP contribution in [0.4, 0.5) is 4.79 Å². The van der Waals surface area contributed by atoms with Crippen LogP contribution in [0.1, 0.15) is 19.3 Å². The number of likely N-dealkylation sites (tertiary alicyclic amines) is 1. The number of rotatable bonds is 3. The highest BCUT2D eigenvalue weighted by atomic mass is 32.2. The Morgan fingerprint density at radius 3 is 2.78 bits per heavy atom. The molecule has 102 valence electrons. The summed E-state index contributed by atoms with van der Waals surface area (Å²) in [5.74, 6) is 0.996. The van der Waals surface area contributed by atoms with E-state index in [0.717, 1.165) is 12.2 Å². The number of hydrogen-bond donors (Lipinski definition) is 3. The van der Waals surface area contributed by atoms with Gasteiger partial charge in [-0.2, -0.15) is 11.8 Å².